The SMILES string of the molecule is CCc1c(CCl)ncc2ccccc12.NC(=O)N1CC2(C1)C(=O)N(Cc1ncc3ccccc3c1CO)c1ccccc12.NC(=O)N1CC2(C1)C(=O)Nc1ccccc12. The number of pyridine rings is 2. The Labute approximate surface area is 345 Å². The van der Waals surface area contributed by atoms with E-state index in [1.807, 2.05) is 85.1 Å². The maximum atomic E-state index is 13.5. The molecule has 2 spiro atoms. The molecular formula is C45H43ClN8O5. The average Bonchev–Trinajstić information content (AvgIpc) is 3.66. The van der Waals surface area contributed by atoms with Gasteiger partial charge in [0.1, 0.15) is 10.8 Å². The number of benzene rings is 4. The first-order valence-electron chi connectivity index (χ1n) is 19.3. The molecule has 13 nitrogen and oxygen atoms in total. The normalized spacial score (nSPS) is 16.4. The quantitative estimate of drug-likeness (QED) is 0.161. The molecule has 0 saturated carbocycles. The Bertz CT molecular complexity index is 2640. The number of anilines is 2. The van der Waals surface area contributed by atoms with E-state index in [1.54, 1.807) is 11.1 Å². The molecular weight excluding hydrogens is 768 g/mol. The molecule has 2 saturated heterocycles. The maximum absolute atomic E-state index is 13.5. The number of nitrogens with zero attached hydrogens (tertiary/aromatic N) is 5. The highest BCUT2D eigenvalue weighted by Crippen LogP contribution is 2.48. The molecule has 59 heavy (non-hydrogen) atoms. The largest absolute Gasteiger partial charge is 0.392 e. The Morgan fingerprint density at radius 2 is 1.25 bits per heavy atom. The fourth-order valence-electron chi connectivity index (χ4n) is 8.77. The third-order valence-corrected chi connectivity index (χ3v) is 12.1. The number of aryl methyl sites for hydroxylation is 1. The van der Waals surface area contributed by atoms with Crippen LogP contribution in [0.4, 0.5) is 21.0 Å². The summed E-state index contributed by atoms with van der Waals surface area (Å²) in [6.45, 7) is 3.57. The number of alkyl halides is 1. The van der Waals surface area contributed by atoms with Crippen molar-refractivity contribution in [3.63, 3.8) is 0 Å². The first-order valence-corrected chi connectivity index (χ1v) is 19.9. The summed E-state index contributed by atoms with van der Waals surface area (Å²) < 4.78 is 0. The second-order valence-electron chi connectivity index (χ2n) is 15.1. The molecule has 4 aromatic carbocycles. The van der Waals surface area contributed by atoms with Crippen LogP contribution in [0.25, 0.3) is 21.5 Å². The Balaban J connectivity index is 0.000000136. The minimum Gasteiger partial charge on any atom is -0.392 e. The summed E-state index contributed by atoms with van der Waals surface area (Å²) >= 11 is 5.85. The Morgan fingerprint density at radius 1 is 0.729 bits per heavy atom. The third-order valence-electron chi connectivity index (χ3n) is 11.9. The molecule has 300 valence electrons. The zero-order valence-electron chi connectivity index (χ0n) is 32.4. The summed E-state index contributed by atoms with van der Waals surface area (Å²) in [6, 6.07) is 30.3. The summed E-state index contributed by atoms with van der Waals surface area (Å²) in [6.07, 6.45) is 4.65. The van der Waals surface area contributed by atoms with Gasteiger partial charge in [0.15, 0.2) is 0 Å². The van der Waals surface area contributed by atoms with E-state index < -0.39 is 22.9 Å². The summed E-state index contributed by atoms with van der Waals surface area (Å²) in [5.74, 6) is 0.398. The monoisotopic (exact) mass is 810 g/mol. The van der Waals surface area contributed by atoms with Crippen LogP contribution < -0.4 is 21.7 Å². The zero-order chi connectivity index (χ0) is 41.5. The lowest BCUT2D eigenvalue weighted by Crippen LogP contribution is -2.66. The van der Waals surface area contributed by atoms with Crippen molar-refractivity contribution in [3.8, 4) is 0 Å². The molecule has 6 aromatic rings. The van der Waals surface area contributed by atoms with Crippen LogP contribution in [-0.4, -0.2) is 74.9 Å². The molecule has 2 aromatic heterocycles. The molecule has 14 heteroatoms. The molecule has 4 aliphatic heterocycles. The van der Waals surface area contributed by atoms with Gasteiger partial charge in [0.2, 0.25) is 11.8 Å². The second kappa shape index (κ2) is 15.6. The predicted molar refractivity (Wildman–Crippen MR) is 227 cm³/mol. The van der Waals surface area contributed by atoms with Crippen molar-refractivity contribution in [2.24, 2.45) is 11.5 Å². The highest BCUT2D eigenvalue weighted by atomic mass is 35.5. The lowest BCUT2D eigenvalue weighted by molar-refractivity contribution is -0.128. The Kier molecular flexibility index (Phi) is 10.4. The third kappa shape index (κ3) is 6.65. The number of hydrogen-bond acceptors (Lipinski definition) is 7. The number of aliphatic hydroxyl groups is 1. The number of rotatable bonds is 5. The highest BCUT2D eigenvalue weighted by molar-refractivity contribution is 6.17. The number of hydrogen-bond donors (Lipinski definition) is 4. The van der Waals surface area contributed by atoms with Gasteiger partial charge in [-0.2, -0.15) is 0 Å². The number of primary amides is 2. The van der Waals surface area contributed by atoms with Gasteiger partial charge in [-0.05, 0) is 46.0 Å². The number of fused-ring (bicyclic) bond motifs is 6. The number of halogens is 1. The number of likely N-dealkylation sites (tertiary alicyclic amines) is 2. The first-order chi connectivity index (χ1) is 28.5. The van der Waals surface area contributed by atoms with Crippen LogP contribution in [0, 0.1) is 0 Å². The topological polar surface area (TPSA) is 188 Å². The highest BCUT2D eigenvalue weighted by Gasteiger charge is 2.59. The number of para-hydroxylation sites is 2. The van der Waals surface area contributed by atoms with Crippen LogP contribution in [0.15, 0.2) is 109 Å². The Morgan fingerprint density at radius 3 is 1.85 bits per heavy atom. The number of carbonyl (C=O) groups is 4. The van der Waals surface area contributed by atoms with Crippen LogP contribution in [0.5, 0.6) is 0 Å². The van der Waals surface area contributed by atoms with Crippen molar-refractivity contribution in [1.29, 1.82) is 0 Å². The molecule has 2 fully saturated rings. The number of amides is 6. The number of aromatic nitrogens is 2. The fourth-order valence-corrected chi connectivity index (χ4v) is 9.00. The smallest absolute Gasteiger partial charge is 0.314 e. The number of urea groups is 2. The van der Waals surface area contributed by atoms with Gasteiger partial charge >= 0.3 is 12.1 Å². The molecule has 6 heterocycles. The molecule has 0 bridgehead atoms. The summed E-state index contributed by atoms with van der Waals surface area (Å²) in [5, 5.41) is 17.2. The Hall–Kier alpha value is -6.57. The van der Waals surface area contributed by atoms with Gasteiger partial charge in [0.05, 0.1) is 30.4 Å². The van der Waals surface area contributed by atoms with E-state index in [2.05, 4.69) is 40.4 Å². The number of nitrogens with one attached hydrogen (secondary N) is 1. The van der Waals surface area contributed by atoms with Crippen LogP contribution in [0.1, 0.15) is 40.6 Å². The number of aliphatic hydroxyl groups excluding tert-OH is 1. The lowest BCUT2D eigenvalue weighted by Gasteiger charge is -2.45. The van der Waals surface area contributed by atoms with Crippen molar-refractivity contribution < 1.29 is 24.3 Å². The molecule has 10 rings (SSSR count). The summed E-state index contributed by atoms with van der Waals surface area (Å²) in [5.41, 5.74) is 16.5. The van der Waals surface area contributed by atoms with Crippen molar-refractivity contribution in [3.05, 3.63) is 143 Å². The predicted octanol–water partition coefficient (Wildman–Crippen LogP) is 5.71. The standard InChI is InChI=1S/C22H20N4O3.C12H12ClN.C11H11N3O2/c23-21(29)25-12-22(13-25)17-7-3-4-8-19(17)26(20(22)28)10-18-16(11-27)15-6-2-1-5-14(15)9-24-18;1-2-10-11-6-4-3-5-9(11)8-14-12(10)7-13;12-10(16)14-5-11(6-14)7-3-1-2-4-8(7)13-9(11)15/h1-9,27H,10-13H2,(H2,23,29);3-6,8H,2,7H2,1H3;1-4H,5-6H2,(H2,12,16)(H,13,15). The minimum absolute atomic E-state index is 0.0359. The van der Waals surface area contributed by atoms with E-state index in [4.69, 9.17) is 23.1 Å². The van der Waals surface area contributed by atoms with E-state index in [0.717, 1.165) is 51.0 Å². The van der Waals surface area contributed by atoms with Gasteiger partial charge in [0.25, 0.3) is 0 Å². The molecule has 6 amide bonds. The van der Waals surface area contributed by atoms with E-state index in [9.17, 15) is 24.3 Å². The van der Waals surface area contributed by atoms with Crippen LogP contribution >= 0.6 is 11.6 Å². The van der Waals surface area contributed by atoms with Crippen LogP contribution in [-0.2, 0) is 45.9 Å². The second-order valence-corrected chi connectivity index (χ2v) is 15.4. The van der Waals surface area contributed by atoms with Crippen LogP contribution in [0.2, 0.25) is 0 Å². The van der Waals surface area contributed by atoms with Crippen molar-refractivity contribution >= 4 is 68.4 Å². The molecule has 4 aliphatic rings. The van der Waals surface area contributed by atoms with Gasteiger partial charge in [0, 0.05) is 66.3 Å². The fraction of sp³-hybridized carbons (Fsp3) is 0.244. The minimum atomic E-state index is -0.748. The molecule has 0 atom stereocenters. The van der Waals surface area contributed by atoms with Gasteiger partial charge in [-0.25, -0.2) is 9.59 Å². The van der Waals surface area contributed by atoms with Gasteiger partial charge in [-0.15, -0.1) is 11.6 Å². The van der Waals surface area contributed by atoms with Crippen molar-refractivity contribution in [1.82, 2.24) is 19.8 Å². The molecule has 0 unspecified atom stereocenters. The molecule has 6 N–H and O–H groups in total. The lowest BCUT2D eigenvalue weighted by atomic mass is 9.75. The maximum Gasteiger partial charge on any atom is 0.314 e. The van der Waals surface area contributed by atoms with E-state index in [-0.39, 0.29) is 38.1 Å². The van der Waals surface area contributed by atoms with Gasteiger partial charge in [-0.1, -0.05) is 91.9 Å². The number of nitrogens with two attached hydrogens (primary N) is 2. The van der Waals surface area contributed by atoms with Crippen LogP contribution in [0.3, 0.4) is 0 Å². The van der Waals surface area contributed by atoms with E-state index in [0.29, 0.717) is 24.7 Å². The summed E-state index contributed by atoms with van der Waals surface area (Å²) in [4.78, 5) is 61.4. The van der Waals surface area contributed by atoms with Crippen molar-refractivity contribution in [2.75, 3.05) is 36.4 Å². The zero-order valence-corrected chi connectivity index (χ0v) is 33.2. The summed E-state index contributed by atoms with van der Waals surface area (Å²) in [7, 11) is 0. The molecule has 0 aliphatic carbocycles. The van der Waals surface area contributed by atoms with Gasteiger partial charge < -0.3 is 36.6 Å². The van der Waals surface area contributed by atoms with E-state index >= 15 is 0 Å². The van der Waals surface area contributed by atoms with Gasteiger partial charge in [-0.3, -0.25) is 19.6 Å². The molecule has 0 radical (unpaired) electrons. The van der Waals surface area contributed by atoms with E-state index in [1.165, 1.54) is 26.1 Å². The number of carbonyl (C=O) groups excluding carboxylic acids is 4. The average molecular weight is 811 g/mol. The van der Waals surface area contributed by atoms with Crippen molar-refractivity contribution in [2.45, 2.75) is 43.2 Å². The first kappa shape index (κ1) is 39.3.